The predicted molar refractivity (Wildman–Crippen MR) is 378 cm³/mol. The number of aromatic amines is 2. The summed E-state index contributed by atoms with van der Waals surface area (Å²) in [7, 11) is 4.06. The molecular formula is C75H79F6N10O15P. The number of nitriles is 1. The van der Waals surface area contributed by atoms with Gasteiger partial charge in [-0.3, -0.25) is 28.2 Å². The molecular weight excluding hydrogens is 1430 g/mol. The third-order valence-corrected chi connectivity index (χ3v) is 20.1. The van der Waals surface area contributed by atoms with Crippen LogP contribution in [0.2, 0.25) is 0 Å². The van der Waals surface area contributed by atoms with Gasteiger partial charge in [0, 0.05) is 12.1 Å². The molecule has 0 aliphatic carbocycles. The maximum atomic E-state index is 14.7. The molecule has 0 amide bonds. The van der Waals surface area contributed by atoms with E-state index in [2.05, 4.69) is 34.6 Å². The Morgan fingerprint density at radius 3 is 1.26 bits per heavy atom. The SMILES string of the molecule is COc1ccc(C(OC[C@H]2O[C@@H](n3cnc4c(=O)[nH]c(C)nc43)C(OC(F)(F)F)[C@H]2O)(c2ccccc2)c2ccc(OC)cc2)cc1.COc1ccc(C(OC[C@H]2O[C@@H](n3cnc4c(=O)[nH]c(C)nc43)C(OC(F)(F)F)[C@H]2OP(OCCC#N)N(C(C)C)C(C)C)(c2ccccc2)c2ccc(OC)cc2)cc1. The number of hydrogen-bond acceptors (Lipinski definition) is 21. The molecule has 2 aliphatic heterocycles. The minimum absolute atomic E-state index is 0.00887. The summed E-state index contributed by atoms with van der Waals surface area (Å²) in [6.45, 7) is 9.89. The summed E-state index contributed by atoms with van der Waals surface area (Å²) in [4.78, 5) is 47.3. The van der Waals surface area contributed by atoms with Crippen LogP contribution < -0.4 is 30.1 Å². The number of nitrogens with one attached hydrogen (secondary N) is 2. The highest BCUT2D eigenvalue weighted by Crippen LogP contribution is 2.53. The van der Waals surface area contributed by atoms with E-state index in [1.807, 2.05) is 148 Å². The first kappa shape index (κ1) is 78.4. The molecule has 0 saturated carbocycles. The van der Waals surface area contributed by atoms with Gasteiger partial charge in [0.05, 0.1) is 73.4 Å². The fourth-order valence-electron chi connectivity index (χ4n) is 13.2. The van der Waals surface area contributed by atoms with Crippen molar-refractivity contribution in [2.75, 3.05) is 48.3 Å². The molecule has 12 rings (SSSR count). The van der Waals surface area contributed by atoms with Crippen LogP contribution in [0.4, 0.5) is 26.3 Å². The van der Waals surface area contributed by atoms with E-state index < -0.39 is 92.7 Å². The van der Waals surface area contributed by atoms with E-state index in [0.717, 1.165) is 10.9 Å². The fourth-order valence-corrected chi connectivity index (χ4v) is 15.0. The molecule has 2 fully saturated rings. The van der Waals surface area contributed by atoms with Crippen LogP contribution >= 0.6 is 8.53 Å². The first-order valence-corrected chi connectivity index (χ1v) is 34.9. The standard InChI is InChI=1S/C42H48F3N6O8P.C33H31F3N4O7/c1-26(2)51(27(3)4)60(56-23-11-22-46)59-36-34(57-40(37(36)58-42(43,44)45)50-25-47-35-38(50)48-28(5)49-39(35)52)24-55-41(29-12-9-8-10-13-29,30-14-18-32(53-6)19-15-30)31-16-20-33(54-7)21-17-31;1-19-38-29-26(30(42)39-19)37-18-40(29)31-28(47-33(34,35)36)27(41)25(46-31)17-45-32(20-7-5-4-6-8-20,21-9-13-23(43-2)14-10-21)22-11-15-24(44-3)16-12-22/h8-10,12-21,25-27,34,36-37,40H,11,23-24H2,1-7H3,(H,48,49,52);4-16,18,25,27-28,31,41H,17H2,1-3H3,(H,38,39,42)/t34-,36+,37?,40-,60?;25-,27+,28?,31-/m11/s1. The van der Waals surface area contributed by atoms with E-state index in [1.54, 1.807) is 83.9 Å². The lowest BCUT2D eigenvalue weighted by Gasteiger charge is -2.39. The minimum atomic E-state index is -5.18. The summed E-state index contributed by atoms with van der Waals surface area (Å²) in [6, 6.07) is 49.2. The molecule has 0 radical (unpaired) electrons. The van der Waals surface area contributed by atoms with Gasteiger partial charge in [0.2, 0.25) is 0 Å². The number of aliphatic hydroxyl groups is 1. The Labute approximate surface area is 611 Å². The summed E-state index contributed by atoms with van der Waals surface area (Å²) in [6.07, 6.45) is -20.9. The van der Waals surface area contributed by atoms with E-state index >= 15 is 0 Å². The minimum Gasteiger partial charge on any atom is -0.497 e. The van der Waals surface area contributed by atoms with E-state index in [4.69, 9.17) is 51.7 Å². The van der Waals surface area contributed by atoms with Gasteiger partial charge in [0.25, 0.3) is 19.6 Å². The number of aliphatic hydroxyl groups excluding tert-OH is 1. The van der Waals surface area contributed by atoms with Gasteiger partial charge in [0.1, 0.15) is 82.5 Å². The smallest absolute Gasteiger partial charge is 0.497 e. The zero-order chi connectivity index (χ0) is 76.5. The van der Waals surface area contributed by atoms with E-state index in [-0.39, 0.29) is 72.3 Å². The van der Waals surface area contributed by atoms with Crippen LogP contribution in [0.5, 0.6) is 23.0 Å². The number of ether oxygens (including phenoxy) is 10. The molecule has 3 N–H and O–H groups in total. The van der Waals surface area contributed by atoms with Crippen LogP contribution in [-0.4, -0.2) is 159 Å². The highest BCUT2D eigenvalue weighted by atomic mass is 31.2. The van der Waals surface area contributed by atoms with Gasteiger partial charge in [-0.2, -0.15) is 5.26 Å². The van der Waals surface area contributed by atoms with Crippen LogP contribution in [0.15, 0.2) is 180 Å². The normalized spacial score (nSPS) is 19.5. The van der Waals surface area contributed by atoms with Crippen molar-refractivity contribution in [3.8, 4) is 29.1 Å². The Hall–Kier alpha value is -9.68. The lowest BCUT2D eigenvalue weighted by atomic mass is 9.80. The largest absolute Gasteiger partial charge is 0.523 e. The number of halogens is 6. The van der Waals surface area contributed by atoms with E-state index in [1.165, 1.54) is 17.8 Å². The van der Waals surface area contributed by atoms with Crippen LogP contribution in [0.25, 0.3) is 22.3 Å². The topological polar surface area (TPSA) is 285 Å². The Kier molecular flexibility index (Phi) is 24.6. The quantitative estimate of drug-likeness (QED) is 0.0178. The Bertz CT molecular complexity index is 4640. The Balaban J connectivity index is 0.000000219. The fraction of sp³-hybridized carbons (Fsp3) is 0.373. The van der Waals surface area contributed by atoms with Crippen LogP contribution in [-0.2, 0) is 48.7 Å². The van der Waals surface area contributed by atoms with Gasteiger partial charge < -0.3 is 62.0 Å². The average molecular weight is 1510 g/mol. The van der Waals surface area contributed by atoms with Gasteiger partial charge in [-0.25, -0.2) is 24.6 Å². The summed E-state index contributed by atoms with van der Waals surface area (Å²) in [5, 5.41) is 20.7. The van der Waals surface area contributed by atoms with Crippen LogP contribution in [0.3, 0.4) is 0 Å². The molecule has 566 valence electrons. The molecule has 25 nitrogen and oxygen atoms in total. The van der Waals surface area contributed by atoms with Gasteiger partial charge in [-0.05, 0) is 123 Å². The number of nitrogens with zero attached hydrogens (tertiary/aromatic N) is 8. The second kappa shape index (κ2) is 33.6. The second-order valence-corrected chi connectivity index (χ2v) is 26.8. The molecule has 0 bridgehead atoms. The molecule has 3 unspecified atom stereocenters. The molecule has 4 aromatic heterocycles. The Morgan fingerprint density at radius 2 is 0.897 bits per heavy atom. The molecule has 32 heteroatoms. The summed E-state index contributed by atoms with van der Waals surface area (Å²) < 4.78 is 160. The van der Waals surface area contributed by atoms with Crippen molar-refractivity contribution in [2.24, 2.45) is 0 Å². The van der Waals surface area contributed by atoms with Crippen molar-refractivity contribution >= 4 is 30.9 Å². The van der Waals surface area contributed by atoms with Crippen molar-refractivity contribution in [2.45, 2.75) is 133 Å². The molecule has 10 aromatic rings. The number of H-pyrrole nitrogens is 2. The molecule has 2 saturated heterocycles. The van der Waals surface area contributed by atoms with Gasteiger partial charge in [-0.1, -0.05) is 109 Å². The van der Waals surface area contributed by atoms with Gasteiger partial charge in [0.15, 0.2) is 34.8 Å². The molecule has 9 atom stereocenters. The summed E-state index contributed by atoms with van der Waals surface area (Å²) in [5.41, 5.74) is -0.0996. The monoisotopic (exact) mass is 1500 g/mol. The van der Waals surface area contributed by atoms with Crippen molar-refractivity contribution in [1.29, 1.82) is 5.26 Å². The third kappa shape index (κ3) is 17.2. The number of hydrogen-bond donors (Lipinski definition) is 3. The third-order valence-electron chi connectivity index (χ3n) is 17.9. The van der Waals surface area contributed by atoms with Crippen molar-refractivity contribution in [1.82, 2.24) is 43.7 Å². The maximum Gasteiger partial charge on any atom is 0.523 e. The number of rotatable bonds is 28. The molecule has 6 aromatic carbocycles. The first-order valence-electron chi connectivity index (χ1n) is 33.8. The van der Waals surface area contributed by atoms with Crippen LogP contribution in [0.1, 0.15) is 91.6 Å². The number of aromatic nitrogens is 8. The molecule has 0 spiro atoms. The number of imidazole rings is 2. The molecule has 107 heavy (non-hydrogen) atoms. The van der Waals surface area contributed by atoms with Crippen LogP contribution in [0, 0.1) is 25.2 Å². The number of aryl methyl sites for hydroxylation is 2. The van der Waals surface area contributed by atoms with Gasteiger partial charge in [-0.15, -0.1) is 26.3 Å². The predicted octanol–water partition coefficient (Wildman–Crippen LogP) is 12.5. The maximum absolute atomic E-state index is 14.7. The number of fused-ring (bicyclic) bond motifs is 2. The van der Waals surface area contributed by atoms with Crippen molar-refractivity contribution in [3.63, 3.8) is 0 Å². The van der Waals surface area contributed by atoms with E-state index in [0.29, 0.717) is 56.4 Å². The zero-order valence-corrected chi connectivity index (χ0v) is 60.6. The van der Waals surface area contributed by atoms with Gasteiger partial charge >= 0.3 is 12.7 Å². The van der Waals surface area contributed by atoms with Crippen molar-refractivity contribution in [3.05, 3.63) is 236 Å². The lowest BCUT2D eigenvalue weighted by molar-refractivity contribution is -0.356. The lowest BCUT2D eigenvalue weighted by Crippen LogP contribution is -2.44. The summed E-state index contributed by atoms with van der Waals surface area (Å²) in [5.74, 6) is 2.81. The number of alkyl halides is 6. The first-order chi connectivity index (χ1) is 51.2. The number of methoxy groups -OCH3 is 4. The second-order valence-electron chi connectivity index (χ2n) is 25.4. The highest BCUT2D eigenvalue weighted by molar-refractivity contribution is 7.44. The molecule has 2 aliphatic rings. The summed E-state index contributed by atoms with van der Waals surface area (Å²) >= 11 is 0. The highest BCUT2D eigenvalue weighted by Gasteiger charge is 2.56. The average Bonchev–Trinajstić information content (AvgIpc) is 1.75. The Morgan fingerprint density at radius 1 is 0.542 bits per heavy atom. The molecule has 6 heterocycles. The van der Waals surface area contributed by atoms with Crippen molar-refractivity contribution < 1.29 is 87.9 Å². The number of benzene rings is 6. The van der Waals surface area contributed by atoms with E-state index in [9.17, 15) is 46.3 Å². The zero-order valence-electron chi connectivity index (χ0n) is 59.7.